The van der Waals surface area contributed by atoms with Crippen molar-refractivity contribution in [2.75, 3.05) is 6.61 Å². The molecule has 0 bridgehead atoms. The zero-order chi connectivity index (χ0) is 15.2. The molecule has 0 aliphatic rings. The van der Waals surface area contributed by atoms with Gasteiger partial charge in [0.15, 0.2) is 0 Å². The number of amides is 1. The Morgan fingerprint density at radius 1 is 1.33 bits per heavy atom. The first-order valence-corrected chi connectivity index (χ1v) is 7.21. The van der Waals surface area contributed by atoms with E-state index in [4.69, 9.17) is 4.74 Å². The minimum absolute atomic E-state index is 0.153. The molecule has 1 unspecified atom stereocenters. The lowest BCUT2D eigenvalue weighted by atomic mass is 10.1. The van der Waals surface area contributed by atoms with E-state index in [9.17, 15) is 4.79 Å². The summed E-state index contributed by atoms with van der Waals surface area (Å²) in [7, 11) is 0. The zero-order valence-electron chi connectivity index (χ0n) is 12.7. The molecule has 1 amide bonds. The van der Waals surface area contributed by atoms with Gasteiger partial charge in [0.2, 0.25) is 0 Å². The maximum absolute atomic E-state index is 12.4. The number of rotatable bonds is 6. The average Bonchev–Trinajstić information content (AvgIpc) is 2.97. The predicted octanol–water partition coefficient (Wildman–Crippen LogP) is 2.79. The number of carbonyl (C=O) groups excluding carboxylic acids is 1. The van der Waals surface area contributed by atoms with Gasteiger partial charge >= 0.3 is 0 Å². The highest BCUT2D eigenvalue weighted by molar-refractivity contribution is 5.97. The van der Waals surface area contributed by atoms with Gasteiger partial charge < -0.3 is 10.1 Å². The largest absolute Gasteiger partial charge is 0.493 e. The number of hydrogen-bond donors (Lipinski definition) is 1. The first kappa shape index (κ1) is 15.1. The fraction of sp³-hybridized carbons (Fsp3) is 0.375. The fourth-order valence-electron chi connectivity index (χ4n) is 2.07. The van der Waals surface area contributed by atoms with E-state index in [0.717, 1.165) is 12.2 Å². The predicted molar refractivity (Wildman–Crippen MR) is 81.4 cm³/mol. The van der Waals surface area contributed by atoms with Crippen molar-refractivity contribution in [1.29, 1.82) is 0 Å². The topological polar surface area (TPSA) is 56.1 Å². The minimum Gasteiger partial charge on any atom is -0.493 e. The van der Waals surface area contributed by atoms with Crippen molar-refractivity contribution in [1.82, 2.24) is 15.1 Å². The van der Waals surface area contributed by atoms with Crippen molar-refractivity contribution >= 4 is 5.91 Å². The van der Waals surface area contributed by atoms with E-state index in [0.29, 0.717) is 17.9 Å². The zero-order valence-corrected chi connectivity index (χ0v) is 12.7. The summed E-state index contributed by atoms with van der Waals surface area (Å²) < 4.78 is 7.33. The molecule has 2 rings (SSSR count). The summed E-state index contributed by atoms with van der Waals surface area (Å²) in [6.07, 6.45) is 1.91. The third-order valence-corrected chi connectivity index (χ3v) is 3.21. The third kappa shape index (κ3) is 3.62. The molecule has 0 saturated carbocycles. The van der Waals surface area contributed by atoms with Gasteiger partial charge in [0.1, 0.15) is 5.75 Å². The Morgan fingerprint density at radius 3 is 2.76 bits per heavy atom. The van der Waals surface area contributed by atoms with Crippen LogP contribution in [0, 0.1) is 0 Å². The second kappa shape index (κ2) is 6.92. The van der Waals surface area contributed by atoms with Crippen LogP contribution in [0.25, 0.3) is 0 Å². The number of carbonyl (C=O) groups is 1. The van der Waals surface area contributed by atoms with Crippen molar-refractivity contribution in [3.8, 4) is 5.75 Å². The van der Waals surface area contributed by atoms with E-state index in [1.54, 1.807) is 12.1 Å². The first-order valence-electron chi connectivity index (χ1n) is 7.21. The van der Waals surface area contributed by atoms with E-state index in [-0.39, 0.29) is 11.9 Å². The van der Waals surface area contributed by atoms with Gasteiger partial charge in [-0.3, -0.25) is 9.48 Å². The molecular formula is C16H21N3O2. The Balaban J connectivity index is 2.10. The molecule has 21 heavy (non-hydrogen) atoms. The Kier molecular flexibility index (Phi) is 4.98. The van der Waals surface area contributed by atoms with Crippen molar-refractivity contribution in [3.05, 3.63) is 47.8 Å². The van der Waals surface area contributed by atoms with Crippen LogP contribution in [-0.4, -0.2) is 22.3 Å². The molecule has 0 fully saturated rings. The molecule has 1 N–H and O–H groups in total. The van der Waals surface area contributed by atoms with Gasteiger partial charge in [-0.2, -0.15) is 5.10 Å². The first-order chi connectivity index (χ1) is 10.2. The molecule has 1 aromatic heterocycles. The Morgan fingerprint density at radius 2 is 2.10 bits per heavy atom. The van der Waals surface area contributed by atoms with Crippen LogP contribution in [0.4, 0.5) is 0 Å². The van der Waals surface area contributed by atoms with Crippen molar-refractivity contribution < 1.29 is 9.53 Å². The van der Waals surface area contributed by atoms with E-state index in [1.165, 1.54) is 0 Å². The molecular weight excluding hydrogens is 266 g/mol. The summed E-state index contributed by atoms with van der Waals surface area (Å²) in [5.41, 5.74) is 1.39. The van der Waals surface area contributed by atoms with E-state index in [1.807, 2.05) is 49.8 Å². The molecule has 112 valence electrons. The highest BCUT2D eigenvalue weighted by Crippen LogP contribution is 2.19. The summed E-state index contributed by atoms with van der Waals surface area (Å²) in [5, 5.41) is 7.36. The number of aromatic nitrogens is 2. The molecule has 1 heterocycles. The number of benzene rings is 1. The maximum atomic E-state index is 12.4. The van der Waals surface area contributed by atoms with Crippen LogP contribution in [0.2, 0.25) is 0 Å². The van der Waals surface area contributed by atoms with Gasteiger partial charge in [0.05, 0.1) is 23.9 Å². The highest BCUT2D eigenvalue weighted by atomic mass is 16.5. The second-order valence-corrected chi connectivity index (χ2v) is 4.72. The standard InChI is InChI=1S/C16H21N3O2/c1-4-19-11-10-14(18-19)12(3)17-16(20)13-8-6-7-9-15(13)21-5-2/h6-12H,4-5H2,1-3H3,(H,17,20). The second-order valence-electron chi connectivity index (χ2n) is 4.72. The van der Waals surface area contributed by atoms with Crippen LogP contribution in [0.15, 0.2) is 36.5 Å². The van der Waals surface area contributed by atoms with E-state index < -0.39 is 0 Å². The quantitative estimate of drug-likeness (QED) is 0.889. The van der Waals surface area contributed by atoms with Crippen LogP contribution in [0.3, 0.4) is 0 Å². The van der Waals surface area contributed by atoms with Crippen molar-refractivity contribution in [2.45, 2.75) is 33.4 Å². The molecule has 5 nitrogen and oxygen atoms in total. The normalized spacial score (nSPS) is 12.0. The van der Waals surface area contributed by atoms with Gasteiger partial charge in [0, 0.05) is 12.7 Å². The third-order valence-electron chi connectivity index (χ3n) is 3.21. The lowest BCUT2D eigenvalue weighted by molar-refractivity contribution is 0.0935. The van der Waals surface area contributed by atoms with Crippen LogP contribution in [0.5, 0.6) is 5.75 Å². The van der Waals surface area contributed by atoms with Crippen LogP contribution in [0.1, 0.15) is 42.9 Å². The van der Waals surface area contributed by atoms with Crippen LogP contribution >= 0.6 is 0 Å². The average molecular weight is 287 g/mol. The Bertz CT molecular complexity index is 607. The molecule has 1 aromatic carbocycles. The van der Waals surface area contributed by atoms with Gasteiger partial charge in [-0.25, -0.2) is 0 Å². The molecule has 0 aliphatic carbocycles. The van der Waals surface area contributed by atoms with E-state index >= 15 is 0 Å². The van der Waals surface area contributed by atoms with E-state index in [2.05, 4.69) is 10.4 Å². The van der Waals surface area contributed by atoms with Crippen molar-refractivity contribution in [3.63, 3.8) is 0 Å². The number of aryl methyl sites for hydroxylation is 1. The lowest BCUT2D eigenvalue weighted by Crippen LogP contribution is -2.27. The van der Waals surface area contributed by atoms with Gasteiger partial charge in [-0.1, -0.05) is 12.1 Å². The smallest absolute Gasteiger partial charge is 0.255 e. The summed E-state index contributed by atoms with van der Waals surface area (Å²) in [6.45, 7) is 7.19. The fourth-order valence-corrected chi connectivity index (χ4v) is 2.07. The SMILES string of the molecule is CCOc1ccccc1C(=O)NC(C)c1ccn(CC)n1. The van der Waals surface area contributed by atoms with Gasteiger partial charge in [-0.05, 0) is 39.0 Å². The molecule has 1 atom stereocenters. The van der Waals surface area contributed by atoms with Crippen LogP contribution in [-0.2, 0) is 6.54 Å². The van der Waals surface area contributed by atoms with Crippen molar-refractivity contribution in [2.24, 2.45) is 0 Å². The summed E-state index contributed by atoms with van der Waals surface area (Å²) in [6, 6.07) is 9.01. The lowest BCUT2D eigenvalue weighted by Gasteiger charge is -2.14. The summed E-state index contributed by atoms with van der Waals surface area (Å²) in [5.74, 6) is 0.446. The summed E-state index contributed by atoms with van der Waals surface area (Å²) >= 11 is 0. The number of hydrogen-bond acceptors (Lipinski definition) is 3. The number of para-hydroxylation sites is 1. The van der Waals surface area contributed by atoms with Crippen LogP contribution < -0.4 is 10.1 Å². The Labute approximate surface area is 124 Å². The number of ether oxygens (including phenoxy) is 1. The monoisotopic (exact) mass is 287 g/mol. The molecule has 0 saturated heterocycles. The van der Waals surface area contributed by atoms with Gasteiger partial charge in [-0.15, -0.1) is 0 Å². The Hall–Kier alpha value is -2.30. The number of nitrogens with zero attached hydrogens (tertiary/aromatic N) is 2. The molecule has 2 aromatic rings. The molecule has 0 spiro atoms. The molecule has 0 radical (unpaired) electrons. The number of nitrogens with one attached hydrogen (secondary N) is 1. The maximum Gasteiger partial charge on any atom is 0.255 e. The van der Waals surface area contributed by atoms with Gasteiger partial charge in [0.25, 0.3) is 5.91 Å². The molecule has 5 heteroatoms. The highest BCUT2D eigenvalue weighted by Gasteiger charge is 2.16. The minimum atomic E-state index is -0.155. The molecule has 0 aliphatic heterocycles. The summed E-state index contributed by atoms with van der Waals surface area (Å²) in [4.78, 5) is 12.4.